The Kier molecular flexibility index (Phi) is 10.4. The molecule has 0 saturated heterocycles. The molecular formula is C21H33N3O6. The van der Waals surface area contributed by atoms with Crippen LogP contribution in [0, 0.1) is 0 Å². The molecule has 0 fully saturated rings. The third-order valence-electron chi connectivity index (χ3n) is 3.79. The molecule has 0 aliphatic rings. The lowest BCUT2D eigenvalue weighted by atomic mass is 10.1. The Morgan fingerprint density at radius 2 is 1.47 bits per heavy atom. The summed E-state index contributed by atoms with van der Waals surface area (Å²) < 4.78 is 16.0. The Balaban J connectivity index is 2.98. The second kappa shape index (κ2) is 12.3. The number of hydrogen-bond donors (Lipinski definition) is 3. The highest BCUT2D eigenvalue weighted by Gasteiger charge is 2.23. The van der Waals surface area contributed by atoms with Crippen LogP contribution in [0.2, 0.25) is 0 Å². The number of ether oxygens (including phenoxy) is 3. The van der Waals surface area contributed by atoms with Gasteiger partial charge in [0.05, 0.1) is 0 Å². The van der Waals surface area contributed by atoms with Crippen molar-refractivity contribution in [2.75, 3.05) is 13.1 Å². The van der Waals surface area contributed by atoms with Gasteiger partial charge in [-0.15, -0.1) is 0 Å². The van der Waals surface area contributed by atoms with Crippen LogP contribution in [0.5, 0.6) is 11.5 Å². The van der Waals surface area contributed by atoms with E-state index in [0.717, 1.165) is 0 Å². The average Bonchev–Trinajstić information content (AvgIpc) is 2.65. The zero-order chi connectivity index (χ0) is 22.7. The van der Waals surface area contributed by atoms with Crippen LogP contribution in [-0.4, -0.2) is 42.6 Å². The summed E-state index contributed by atoms with van der Waals surface area (Å²) in [7, 11) is 0. The van der Waals surface area contributed by atoms with Crippen molar-refractivity contribution in [1.82, 2.24) is 0 Å². The summed E-state index contributed by atoms with van der Waals surface area (Å²) in [5.41, 5.74) is 16.7. The van der Waals surface area contributed by atoms with Gasteiger partial charge in [-0.25, -0.2) is 0 Å². The SMILES string of the molecule is CC(C)(C)OC(=O)C(N)Cc1ccc(OC(=O)CCCN)c(OC(=O)CCCN)c1. The fourth-order valence-corrected chi connectivity index (χ4v) is 2.40. The summed E-state index contributed by atoms with van der Waals surface area (Å²) in [5, 5.41) is 0. The number of hydrogen-bond acceptors (Lipinski definition) is 9. The van der Waals surface area contributed by atoms with Crippen molar-refractivity contribution >= 4 is 17.9 Å². The second-order valence-corrected chi connectivity index (χ2v) is 7.86. The monoisotopic (exact) mass is 423 g/mol. The normalized spacial score (nSPS) is 12.2. The summed E-state index contributed by atoms with van der Waals surface area (Å²) in [4.78, 5) is 36.1. The Morgan fingerprint density at radius 3 is 1.97 bits per heavy atom. The van der Waals surface area contributed by atoms with Crippen LogP contribution in [0.15, 0.2) is 18.2 Å². The predicted molar refractivity (Wildman–Crippen MR) is 112 cm³/mol. The zero-order valence-electron chi connectivity index (χ0n) is 17.9. The van der Waals surface area contributed by atoms with Crippen LogP contribution < -0.4 is 26.7 Å². The lowest BCUT2D eigenvalue weighted by Crippen LogP contribution is -2.38. The van der Waals surface area contributed by atoms with E-state index in [1.165, 1.54) is 12.1 Å². The van der Waals surface area contributed by atoms with Crippen molar-refractivity contribution < 1.29 is 28.6 Å². The molecule has 9 heteroatoms. The van der Waals surface area contributed by atoms with Crippen molar-refractivity contribution in [3.8, 4) is 11.5 Å². The quantitative estimate of drug-likeness (QED) is 0.351. The van der Waals surface area contributed by atoms with Crippen LogP contribution in [0.25, 0.3) is 0 Å². The summed E-state index contributed by atoms with van der Waals surface area (Å²) in [6, 6.07) is 3.77. The van der Waals surface area contributed by atoms with E-state index in [1.54, 1.807) is 26.8 Å². The maximum Gasteiger partial charge on any atom is 0.323 e. The first-order valence-corrected chi connectivity index (χ1v) is 9.98. The van der Waals surface area contributed by atoms with E-state index in [-0.39, 0.29) is 30.8 Å². The van der Waals surface area contributed by atoms with Gasteiger partial charge in [-0.1, -0.05) is 6.07 Å². The van der Waals surface area contributed by atoms with Gasteiger partial charge in [-0.3, -0.25) is 14.4 Å². The fraction of sp³-hybridized carbons (Fsp3) is 0.571. The van der Waals surface area contributed by atoms with Crippen LogP contribution in [-0.2, 0) is 25.5 Å². The molecule has 0 heterocycles. The largest absolute Gasteiger partial charge is 0.459 e. The van der Waals surface area contributed by atoms with Crippen LogP contribution in [0.4, 0.5) is 0 Å². The van der Waals surface area contributed by atoms with Gasteiger partial charge in [0.25, 0.3) is 0 Å². The maximum atomic E-state index is 12.1. The molecule has 0 spiro atoms. The van der Waals surface area contributed by atoms with E-state index in [1.807, 2.05) is 0 Å². The molecule has 0 aromatic heterocycles. The highest BCUT2D eigenvalue weighted by atomic mass is 16.6. The molecule has 0 bridgehead atoms. The smallest absolute Gasteiger partial charge is 0.323 e. The summed E-state index contributed by atoms with van der Waals surface area (Å²) >= 11 is 0. The number of carbonyl (C=O) groups excluding carboxylic acids is 3. The summed E-state index contributed by atoms with van der Waals surface area (Å²) in [6.45, 7) is 5.97. The first-order chi connectivity index (χ1) is 14.1. The molecule has 9 nitrogen and oxygen atoms in total. The molecule has 168 valence electrons. The van der Waals surface area contributed by atoms with E-state index >= 15 is 0 Å². The number of esters is 3. The maximum absolute atomic E-state index is 12.1. The molecule has 1 aromatic rings. The van der Waals surface area contributed by atoms with Crippen molar-refractivity contribution in [1.29, 1.82) is 0 Å². The zero-order valence-corrected chi connectivity index (χ0v) is 17.9. The Labute approximate surface area is 177 Å². The van der Waals surface area contributed by atoms with Gasteiger partial charge in [0.1, 0.15) is 11.6 Å². The standard InChI is InChI=1S/C21H33N3O6/c1-21(2,3)30-20(27)15(24)12-14-8-9-16(28-18(25)6-4-10-22)17(13-14)29-19(26)7-5-11-23/h8-9,13,15H,4-7,10-12,22-24H2,1-3H3. The molecule has 1 unspecified atom stereocenters. The number of benzene rings is 1. The Hall–Kier alpha value is -2.49. The highest BCUT2D eigenvalue weighted by Crippen LogP contribution is 2.30. The minimum absolute atomic E-state index is 0.0759. The molecule has 1 atom stereocenters. The van der Waals surface area contributed by atoms with Gasteiger partial charge >= 0.3 is 17.9 Å². The fourth-order valence-electron chi connectivity index (χ4n) is 2.40. The van der Waals surface area contributed by atoms with Crippen LogP contribution >= 0.6 is 0 Å². The molecule has 6 N–H and O–H groups in total. The van der Waals surface area contributed by atoms with Gasteiger partial charge in [0.15, 0.2) is 11.5 Å². The van der Waals surface area contributed by atoms with E-state index in [2.05, 4.69) is 0 Å². The Morgan fingerprint density at radius 1 is 0.933 bits per heavy atom. The average molecular weight is 424 g/mol. The van der Waals surface area contributed by atoms with E-state index < -0.39 is 29.6 Å². The summed E-state index contributed by atoms with van der Waals surface area (Å²) in [5.74, 6) is -1.35. The topological polar surface area (TPSA) is 157 Å². The minimum Gasteiger partial charge on any atom is -0.459 e. The molecule has 1 rings (SSSR count). The Bertz CT molecular complexity index is 730. The molecular weight excluding hydrogens is 390 g/mol. The molecule has 0 saturated carbocycles. The lowest BCUT2D eigenvalue weighted by Gasteiger charge is -2.22. The van der Waals surface area contributed by atoms with Crippen molar-refractivity contribution in [3.63, 3.8) is 0 Å². The number of carbonyl (C=O) groups is 3. The number of rotatable bonds is 11. The number of nitrogens with two attached hydrogens (primary N) is 3. The van der Waals surface area contributed by atoms with Gasteiger partial charge < -0.3 is 31.4 Å². The van der Waals surface area contributed by atoms with E-state index in [4.69, 9.17) is 31.4 Å². The first kappa shape index (κ1) is 25.5. The van der Waals surface area contributed by atoms with E-state index in [0.29, 0.717) is 31.5 Å². The summed E-state index contributed by atoms with van der Waals surface area (Å²) in [6.07, 6.45) is 1.37. The van der Waals surface area contributed by atoms with Crippen molar-refractivity contribution in [2.24, 2.45) is 17.2 Å². The van der Waals surface area contributed by atoms with Crippen LogP contribution in [0.3, 0.4) is 0 Å². The molecule has 0 aliphatic carbocycles. The van der Waals surface area contributed by atoms with Crippen LogP contribution in [0.1, 0.15) is 52.0 Å². The third kappa shape index (κ3) is 9.82. The lowest BCUT2D eigenvalue weighted by molar-refractivity contribution is -0.156. The van der Waals surface area contributed by atoms with Crippen molar-refractivity contribution in [3.05, 3.63) is 23.8 Å². The molecule has 0 amide bonds. The van der Waals surface area contributed by atoms with E-state index in [9.17, 15) is 14.4 Å². The van der Waals surface area contributed by atoms with Gasteiger partial charge in [-0.05, 0) is 70.8 Å². The first-order valence-electron chi connectivity index (χ1n) is 9.98. The third-order valence-corrected chi connectivity index (χ3v) is 3.79. The second-order valence-electron chi connectivity index (χ2n) is 7.86. The van der Waals surface area contributed by atoms with Gasteiger partial charge in [-0.2, -0.15) is 0 Å². The van der Waals surface area contributed by atoms with Crippen molar-refractivity contribution in [2.45, 2.75) is 64.5 Å². The van der Waals surface area contributed by atoms with Gasteiger partial charge in [0, 0.05) is 12.8 Å². The molecule has 30 heavy (non-hydrogen) atoms. The molecule has 0 aliphatic heterocycles. The minimum atomic E-state index is -0.900. The predicted octanol–water partition coefficient (Wildman–Crippen LogP) is 1.19. The van der Waals surface area contributed by atoms with Gasteiger partial charge in [0.2, 0.25) is 0 Å². The molecule has 0 radical (unpaired) electrons. The highest BCUT2D eigenvalue weighted by molar-refractivity contribution is 5.77. The molecule has 1 aromatic carbocycles.